The second kappa shape index (κ2) is 7.03. The largest absolute Gasteiger partial charge is 0.376 e. The molecule has 4 bridgehead atoms. The lowest BCUT2D eigenvalue weighted by atomic mass is 9.49. The molecule has 0 radical (unpaired) electrons. The highest BCUT2D eigenvalue weighted by atomic mass is 16.6. The van der Waals surface area contributed by atoms with Crippen LogP contribution in [0.2, 0.25) is 0 Å². The van der Waals surface area contributed by atoms with Crippen LogP contribution in [0.5, 0.6) is 0 Å². The Hall–Kier alpha value is -1.14. The van der Waals surface area contributed by atoms with Crippen molar-refractivity contribution in [1.82, 2.24) is 10.2 Å². The van der Waals surface area contributed by atoms with Crippen molar-refractivity contribution in [3.8, 4) is 0 Å². The summed E-state index contributed by atoms with van der Waals surface area (Å²) in [4.78, 5) is 28.4. The van der Waals surface area contributed by atoms with Gasteiger partial charge in [0.15, 0.2) is 0 Å². The van der Waals surface area contributed by atoms with Crippen LogP contribution in [0.3, 0.4) is 0 Å². The van der Waals surface area contributed by atoms with Crippen molar-refractivity contribution in [3.63, 3.8) is 0 Å². The summed E-state index contributed by atoms with van der Waals surface area (Å²) in [6.45, 7) is 2.94. The highest BCUT2D eigenvalue weighted by Crippen LogP contribution is 2.60. The molecule has 6 fully saturated rings. The minimum absolute atomic E-state index is 0.0141. The second-order valence-corrected chi connectivity index (χ2v) is 9.67. The second-order valence-electron chi connectivity index (χ2n) is 9.67. The Kier molecular flexibility index (Phi) is 4.67. The van der Waals surface area contributed by atoms with E-state index in [-0.39, 0.29) is 29.4 Å². The molecule has 6 heteroatoms. The molecule has 2 amide bonds. The zero-order chi connectivity index (χ0) is 18.4. The first-order chi connectivity index (χ1) is 13.1. The molecule has 6 rings (SSSR count). The molecule has 1 N–H and O–H groups in total. The summed E-state index contributed by atoms with van der Waals surface area (Å²) in [6.07, 6.45) is 8.84. The van der Waals surface area contributed by atoms with Crippen LogP contribution in [0.4, 0.5) is 0 Å². The van der Waals surface area contributed by atoms with Crippen molar-refractivity contribution in [1.29, 1.82) is 0 Å². The fourth-order valence-electron chi connectivity index (χ4n) is 6.95. The maximum Gasteiger partial charge on any atom is 0.242 e. The Bertz CT molecular complexity index is 566. The molecule has 150 valence electrons. The van der Waals surface area contributed by atoms with Gasteiger partial charge in [0, 0.05) is 13.1 Å². The lowest BCUT2D eigenvalue weighted by Gasteiger charge is -2.56. The Labute approximate surface area is 161 Å². The highest BCUT2D eigenvalue weighted by molar-refractivity contribution is 5.91. The van der Waals surface area contributed by atoms with Gasteiger partial charge < -0.3 is 19.7 Å². The Morgan fingerprint density at radius 2 is 1.74 bits per heavy atom. The summed E-state index contributed by atoms with van der Waals surface area (Å²) in [7, 11) is 0. The number of hydrogen-bond acceptors (Lipinski definition) is 4. The van der Waals surface area contributed by atoms with E-state index in [0.717, 1.165) is 56.4 Å². The SMILES string of the molecule is O=C(NC[C@H]1COCCO1)[C@@H]1CCCN1C(=O)C12CC3CC(CC(C3)C1)C2. The highest BCUT2D eigenvalue weighted by Gasteiger charge is 2.56. The first-order valence-electron chi connectivity index (χ1n) is 10.9. The molecule has 0 aromatic heterocycles. The lowest BCUT2D eigenvalue weighted by molar-refractivity contribution is -0.160. The summed E-state index contributed by atoms with van der Waals surface area (Å²) in [6, 6.07) is -0.296. The summed E-state index contributed by atoms with van der Waals surface area (Å²) < 4.78 is 11.0. The standard InChI is InChI=1S/C21H32N2O4/c24-19(22-12-17-13-26-4-5-27-17)18-2-1-3-23(18)20(25)21-9-14-6-15(10-21)8-16(7-14)11-21/h14-18H,1-13H2,(H,22,24)/t14?,15?,16?,17-,18-,21?/m0/s1. The fraction of sp³-hybridized carbons (Fsp3) is 0.905. The topological polar surface area (TPSA) is 67.9 Å². The van der Waals surface area contributed by atoms with Gasteiger partial charge in [0.1, 0.15) is 6.04 Å². The van der Waals surface area contributed by atoms with Gasteiger partial charge in [0.05, 0.1) is 31.3 Å². The predicted molar refractivity (Wildman–Crippen MR) is 98.9 cm³/mol. The zero-order valence-electron chi connectivity index (χ0n) is 16.2. The third kappa shape index (κ3) is 3.29. The molecule has 2 saturated heterocycles. The maximum atomic E-state index is 13.6. The maximum absolute atomic E-state index is 13.6. The number of rotatable bonds is 4. The van der Waals surface area contributed by atoms with Crippen molar-refractivity contribution in [2.75, 3.05) is 32.9 Å². The van der Waals surface area contributed by atoms with E-state index in [1.807, 2.05) is 4.90 Å². The molecule has 0 aromatic carbocycles. The smallest absolute Gasteiger partial charge is 0.242 e. The third-order valence-electron chi connectivity index (χ3n) is 7.70. The molecule has 2 heterocycles. The minimum atomic E-state index is -0.296. The van der Waals surface area contributed by atoms with E-state index in [0.29, 0.717) is 26.4 Å². The van der Waals surface area contributed by atoms with Crippen LogP contribution < -0.4 is 5.32 Å². The number of nitrogens with one attached hydrogen (secondary N) is 1. The number of hydrogen-bond donors (Lipinski definition) is 1. The van der Waals surface area contributed by atoms with Crippen molar-refractivity contribution in [3.05, 3.63) is 0 Å². The number of ether oxygens (including phenoxy) is 2. The third-order valence-corrected chi connectivity index (χ3v) is 7.70. The Balaban J connectivity index is 1.24. The van der Waals surface area contributed by atoms with Gasteiger partial charge in [-0.3, -0.25) is 9.59 Å². The molecule has 4 aliphatic carbocycles. The van der Waals surface area contributed by atoms with Gasteiger partial charge >= 0.3 is 0 Å². The van der Waals surface area contributed by atoms with Crippen molar-refractivity contribution >= 4 is 11.8 Å². The molecule has 0 aromatic rings. The van der Waals surface area contributed by atoms with E-state index in [9.17, 15) is 9.59 Å². The van der Waals surface area contributed by atoms with E-state index in [2.05, 4.69) is 5.32 Å². The number of likely N-dealkylation sites (tertiary alicyclic amines) is 1. The van der Waals surface area contributed by atoms with Gasteiger partial charge in [-0.05, 0) is 69.1 Å². The quantitative estimate of drug-likeness (QED) is 0.811. The van der Waals surface area contributed by atoms with Crippen molar-refractivity contribution in [2.24, 2.45) is 23.2 Å². The molecule has 4 saturated carbocycles. The number of carbonyl (C=O) groups excluding carboxylic acids is 2. The molecule has 0 unspecified atom stereocenters. The Morgan fingerprint density at radius 3 is 2.37 bits per heavy atom. The van der Waals surface area contributed by atoms with Gasteiger partial charge in [-0.15, -0.1) is 0 Å². The summed E-state index contributed by atoms with van der Waals surface area (Å²) in [5.41, 5.74) is -0.155. The zero-order valence-corrected chi connectivity index (χ0v) is 16.2. The lowest BCUT2D eigenvalue weighted by Crippen LogP contribution is -2.57. The van der Waals surface area contributed by atoms with Gasteiger partial charge in [-0.2, -0.15) is 0 Å². The van der Waals surface area contributed by atoms with Gasteiger partial charge in [0.25, 0.3) is 0 Å². The first-order valence-corrected chi connectivity index (χ1v) is 10.9. The summed E-state index contributed by atoms with van der Waals surface area (Å²) in [5, 5.41) is 3.02. The summed E-state index contributed by atoms with van der Waals surface area (Å²) >= 11 is 0. The molecule has 27 heavy (non-hydrogen) atoms. The van der Waals surface area contributed by atoms with E-state index < -0.39 is 0 Å². The van der Waals surface area contributed by atoms with Crippen LogP contribution in [-0.2, 0) is 19.1 Å². The van der Waals surface area contributed by atoms with E-state index >= 15 is 0 Å². The summed E-state index contributed by atoms with van der Waals surface area (Å²) in [5.74, 6) is 2.52. The van der Waals surface area contributed by atoms with E-state index in [4.69, 9.17) is 9.47 Å². The molecular formula is C21H32N2O4. The van der Waals surface area contributed by atoms with Crippen molar-refractivity contribution < 1.29 is 19.1 Å². The molecule has 0 spiro atoms. The van der Waals surface area contributed by atoms with Crippen LogP contribution in [0.25, 0.3) is 0 Å². The average Bonchev–Trinajstić information content (AvgIpc) is 3.15. The molecule has 6 aliphatic rings. The molecular weight excluding hydrogens is 344 g/mol. The molecule has 2 aliphatic heterocycles. The van der Waals surface area contributed by atoms with Gasteiger partial charge in [0.2, 0.25) is 11.8 Å². The van der Waals surface area contributed by atoms with Crippen molar-refractivity contribution in [2.45, 2.75) is 63.5 Å². The molecule has 6 nitrogen and oxygen atoms in total. The van der Waals surface area contributed by atoms with Gasteiger partial charge in [-0.25, -0.2) is 0 Å². The number of amides is 2. The minimum Gasteiger partial charge on any atom is -0.376 e. The van der Waals surface area contributed by atoms with Crippen LogP contribution >= 0.6 is 0 Å². The van der Waals surface area contributed by atoms with Crippen LogP contribution in [0, 0.1) is 23.2 Å². The number of nitrogens with zero attached hydrogens (tertiary/aromatic N) is 1. The average molecular weight is 376 g/mol. The van der Waals surface area contributed by atoms with E-state index in [1.165, 1.54) is 19.3 Å². The predicted octanol–water partition coefficient (Wildman–Crippen LogP) is 1.73. The van der Waals surface area contributed by atoms with Gasteiger partial charge in [-0.1, -0.05) is 0 Å². The monoisotopic (exact) mass is 376 g/mol. The molecule has 2 atom stereocenters. The van der Waals surface area contributed by atoms with E-state index in [1.54, 1.807) is 0 Å². The van der Waals surface area contributed by atoms with Crippen LogP contribution in [-0.4, -0.2) is 61.8 Å². The Morgan fingerprint density at radius 1 is 1.04 bits per heavy atom. The van der Waals surface area contributed by atoms with Crippen LogP contribution in [0.15, 0.2) is 0 Å². The first kappa shape index (κ1) is 17.9. The fourth-order valence-corrected chi connectivity index (χ4v) is 6.95. The van der Waals surface area contributed by atoms with Crippen LogP contribution in [0.1, 0.15) is 51.4 Å². The normalized spacial score (nSPS) is 43.1. The number of carbonyl (C=O) groups is 2.